The third-order valence-electron chi connectivity index (χ3n) is 3.74. The van der Waals surface area contributed by atoms with E-state index in [1.807, 2.05) is 13.8 Å². The molecule has 114 valence electrons. The van der Waals surface area contributed by atoms with Crippen molar-refractivity contribution in [3.05, 3.63) is 28.8 Å². The van der Waals surface area contributed by atoms with Crippen LogP contribution in [0.5, 0.6) is 0 Å². The number of anilines is 1. The number of halogens is 1. The molecule has 1 aliphatic heterocycles. The molecule has 0 bridgehead atoms. The lowest BCUT2D eigenvalue weighted by Gasteiger charge is -2.28. The summed E-state index contributed by atoms with van der Waals surface area (Å²) < 4.78 is 5.45. The van der Waals surface area contributed by atoms with Gasteiger partial charge in [0, 0.05) is 12.3 Å². The molecule has 1 saturated heterocycles. The van der Waals surface area contributed by atoms with Gasteiger partial charge in [0.15, 0.2) is 0 Å². The van der Waals surface area contributed by atoms with Crippen molar-refractivity contribution in [3.63, 3.8) is 0 Å². The van der Waals surface area contributed by atoms with E-state index in [2.05, 4.69) is 10.6 Å². The van der Waals surface area contributed by atoms with Gasteiger partial charge in [0.05, 0.1) is 22.2 Å². The van der Waals surface area contributed by atoms with Crippen molar-refractivity contribution in [2.75, 3.05) is 11.9 Å². The van der Waals surface area contributed by atoms with E-state index in [0.717, 1.165) is 6.42 Å². The van der Waals surface area contributed by atoms with Gasteiger partial charge in [-0.3, -0.25) is 0 Å². The van der Waals surface area contributed by atoms with Gasteiger partial charge in [-0.05, 0) is 38.5 Å². The van der Waals surface area contributed by atoms with E-state index in [1.165, 1.54) is 12.1 Å². The minimum atomic E-state index is -1.14. The molecule has 0 aromatic heterocycles. The number of benzene rings is 1. The predicted octanol–water partition coefficient (Wildman–Crippen LogP) is 2.73. The van der Waals surface area contributed by atoms with Crippen LogP contribution in [0.1, 0.15) is 30.6 Å². The van der Waals surface area contributed by atoms with Gasteiger partial charge in [0.2, 0.25) is 0 Å². The van der Waals surface area contributed by atoms with Crippen molar-refractivity contribution < 1.29 is 19.4 Å². The standard InChI is InChI=1S/C14H17ClN2O4/c1-8-14(2,5-6-21-8)17-13(20)16-9-3-4-11(15)10(7-9)12(18)19/h3-4,7-8H,5-6H2,1-2H3,(H,18,19)(H2,16,17,20). The molecule has 6 nitrogen and oxygen atoms in total. The molecule has 1 fully saturated rings. The largest absolute Gasteiger partial charge is 0.478 e. The van der Waals surface area contributed by atoms with Crippen LogP contribution in [0.2, 0.25) is 5.02 Å². The Hall–Kier alpha value is -1.79. The van der Waals surface area contributed by atoms with Crippen LogP contribution < -0.4 is 10.6 Å². The van der Waals surface area contributed by atoms with E-state index >= 15 is 0 Å². The van der Waals surface area contributed by atoms with E-state index in [9.17, 15) is 9.59 Å². The fraction of sp³-hybridized carbons (Fsp3) is 0.429. The molecule has 7 heteroatoms. The Labute approximate surface area is 127 Å². The minimum Gasteiger partial charge on any atom is -0.478 e. The number of rotatable bonds is 3. The van der Waals surface area contributed by atoms with Gasteiger partial charge in [0.1, 0.15) is 0 Å². The van der Waals surface area contributed by atoms with E-state index < -0.39 is 17.5 Å². The summed E-state index contributed by atoms with van der Waals surface area (Å²) in [7, 11) is 0. The van der Waals surface area contributed by atoms with Crippen LogP contribution in [0, 0.1) is 0 Å². The summed E-state index contributed by atoms with van der Waals surface area (Å²) in [5, 5.41) is 14.6. The molecule has 1 heterocycles. The highest BCUT2D eigenvalue weighted by molar-refractivity contribution is 6.33. The molecular formula is C14H17ClN2O4. The number of carboxylic acid groups (broad SMARTS) is 1. The Morgan fingerprint density at radius 2 is 2.19 bits per heavy atom. The van der Waals surface area contributed by atoms with Crippen molar-refractivity contribution in [1.82, 2.24) is 5.32 Å². The molecule has 2 amide bonds. The Kier molecular flexibility index (Phi) is 4.39. The van der Waals surface area contributed by atoms with Gasteiger partial charge in [-0.25, -0.2) is 9.59 Å². The highest BCUT2D eigenvalue weighted by atomic mass is 35.5. The first-order valence-corrected chi connectivity index (χ1v) is 6.93. The molecule has 1 aliphatic rings. The van der Waals surface area contributed by atoms with Gasteiger partial charge in [-0.2, -0.15) is 0 Å². The van der Waals surface area contributed by atoms with Gasteiger partial charge >= 0.3 is 12.0 Å². The third-order valence-corrected chi connectivity index (χ3v) is 4.07. The molecule has 21 heavy (non-hydrogen) atoms. The maximum Gasteiger partial charge on any atom is 0.337 e. The molecule has 3 N–H and O–H groups in total. The summed E-state index contributed by atoms with van der Waals surface area (Å²) in [6.07, 6.45) is 0.644. The number of urea groups is 1. The zero-order valence-electron chi connectivity index (χ0n) is 11.8. The van der Waals surface area contributed by atoms with Crippen LogP contribution >= 0.6 is 11.6 Å². The average molecular weight is 313 g/mol. The summed E-state index contributed by atoms with van der Waals surface area (Å²) in [5.74, 6) is -1.14. The fourth-order valence-corrected chi connectivity index (χ4v) is 2.39. The maximum absolute atomic E-state index is 12.0. The highest BCUT2D eigenvalue weighted by Crippen LogP contribution is 2.25. The van der Waals surface area contributed by atoms with Crippen LogP contribution in [0.4, 0.5) is 10.5 Å². The Morgan fingerprint density at radius 1 is 1.48 bits per heavy atom. The van der Waals surface area contributed by atoms with Gasteiger partial charge < -0.3 is 20.5 Å². The van der Waals surface area contributed by atoms with Crippen LogP contribution in [0.25, 0.3) is 0 Å². The number of carbonyl (C=O) groups is 2. The SMILES string of the molecule is CC1OCCC1(C)NC(=O)Nc1ccc(Cl)c(C(=O)O)c1. The summed E-state index contributed by atoms with van der Waals surface area (Å²) in [6.45, 7) is 4.41. The Bertz CT molecular complexity index is 578. The average Bonchev–Trinajstić information content (AvgIpc) is 2.71. The number of ether oxygens (including phenoxy) is 1. The number of aromatic carboxylic acids is 1. The molecule has 0 spiro atoms. The van der Waals surface area contributed by atoms with Crippen LogP contribution in [0.15, 0.2) is 18.2 Å². The Morgan fingerprint density at radius 3 is 2.76 bits per heavy atom. The fourth-order valence-electron chi connectivity index (χ4n) is 2.19. The number of hydrogen-bond donors (Lipinski definition) is 3. The highest BCUT2D eigenvalue weighted by Gasteiger charge is 2.38. The lowest BCUT2D eigenvalue weighted by molar-refractivity contribution is 0.0697. The summed E-state index contributed by atoms with van der Waals surface area (Å²) in [4.78, 5) is 23.0. The summed E-state index contributed by atoms with van der Waals surface area (Å²) >= 11 is 5.78. The number of nitrogens with one attached hydrogen (secondary N) is 2. The van der Waals surface area contributed by atoms with E-state index in [4.69, 9.17) is 21.4 Å². The van der Waals surface area contributed by atoms with E-state index in [-0.39, 0.29) is 16.7 Å². The second-order valence-electron chi connectivity index (χ2n) is 5.26. The van der Waals surface area contributed by atoms with E-state index in [1.54, 1.807) is 6.07 Å². The lowest BCUT2D eigenvalue weighted by Crippen LogP contribution is -2.52. The van der Waals surface area contributed by atoms with Crippen molar-refractivity contribution in [2.24, 2.45) is 0 Å². The second kappa shape index (κ2) is 5.91. The van der Waals surface area contributed by atoms with Gasteiger partial charge in [-0.15, -0.1) is 0 Å². The predicted molar refractivity (Wildman–Crippen MR) is 79.0 cm³/mol. The topological polar surface area (TPSA) is 87.7 Å². The number of carboxylic acids is 1. The van der Waals surface area contributed by atoms with Crippen molar-refractivity contribution >= 4 is 29.3 Å². The smallest absolute Gasteiger partial charge is 0.337 e. The first kappa shape index (κ1) is 15.6. The van der Waals surface area contributed by atoms with Crippen LogP contribution in [-0.2, 0) is 4.74 Å². The maximum atomic E-state index is 12.0. The molecule has 2 atom stereocenters. The van der Waals surface area contributed by atoms with Gasteiger partial charge in [0.25, 0.3) is 0 Å². The minimum absolute atomic E-state index is 0.0572. The lowest BCUT2D eigenvalue weighted by atomic mass is 9.95. The number of amides is 2. The number of hydrogen-bond acceptors (Lipinski definition) is 3. The third kappa shape index (κ3) is 3.46. The second-order valence-corrected chi connectivity index (χ2v) is 5.67. The molecule has 1 aromatic carbocycles. The van der Waals surface area contributed by atoms with Crippen molar-refractivity contribution in [2.45, 2.75) is 31.9 Å². The number of carbonyl (C=O) groups excluding carboxylic acids is 1. The summed E-state index contributed by atoms with van der Waals surface area (Å²) in [6, 6.07) is 3.89. The molecule has 0 radical (unpaired) electrons. The molecule has 0 aliphatic carbocycles. The zero-order valence-corrected chi connectivity index (χ0v) is 12.5. The van der Waals surface area contributed by atoms with Crippen molar-refractivity contribution in [3.8, 4) is 0 Å². The molecule has 0 saturated carbocycles. The first-order chi connectivity index (χ1) is 9.82. The van der Waals surface area contributed by atoms with Gasteiger partial charge in [-0.1, -0.05) is 11.6 Å². The Balaban J connectivity index is 2.06. The normalized spacial score (nSPS) is 24.6. The molecule has 1 aromatic rings. The quantitative estimate of drug-likeness (QED) is 0.800. The first-order valence-electron chi connectivity index (χ1n) is 6.55. The monoisotopic (exact) mass is 312 g/mol. The van der Waals surface area contributed by atoms with Crippen molar-refractivity contribution in [1.29, 1.82) is 0 Å². The van der Waals surface area contributed by atoms with E-state index in [0.29, 0.717) is 12.3 Å². The molecular weight excluding hydrogens is 296 g/mol. The van der Waals surface area contributed by atoms with Crippen LogP contribution in [0.3, 0.4) is 0 Å². The molecule has 2 rings (SSSR count). The zero-order chi connectivity index (χ0) is 15.6. The molecule has 2 unspecified atom stereocenters. The summed E-state index contributed by atoms with van der Waals surface area (Å²) in [5.41, 5.74) is -0.130. The van der Waals surface area contributed by atoms with Crippen LogP contribution in [-0.4, -0.2) is 35.4 Å².